The summed E-state index contributed by atoms with van der Waals surface area (Å²) in [6.07, 6.45) is 9.13. The Morgan fingerprint density at radius 1 is 1.11 bits per heavy atom. The van der Waals surface area contributed by atoms with Crippen molar-refractivity contribution in [2.24, 2.45) is 5.92 Å². The highest BCUT2D eigenvalue weighted by atomic mass is 16.2. The van der Waals surface area contributed by atoms with Crippen molar-refractivity contribution in [1.29, 1.82) is 0 Å². The maximum absolute atomic E-state index is 12.4. The third-order valence-corrected chi connectivity index (χ3v) is 4.58. The molecule has 3 nitrogen and oxygen atoms in total. The summed E-state index contributed by atoms with van der Waals surface area (Å²) in [5, 5.41) is 6.61. The lowest BCUT2D eigenvalue weighted by Gasteiger charge is -2.27. The van der Waals surface area contributed by atoms with Crippen molar-refractivity contribution in [3.63, 3.8) is 0 Å². The Hall–Kier alpha value is -0.570. The average molecular weight is 268 g/mol. The molecule has 1 aliphatic rings. The highest BCUT2D eigenvalue weighted by Gasteiger charge is 2.25. The lowest BCUT2D eigenvalue weighted by Crippen LogP contribution is -2.45. The highest BCUT2D eigenvalue weighted by Crippen LogP contribution is 2.23. The monoisotopic (exact) mass is 268 g/mol. The van der Waals surface area contributed by atoms with Crippen LogP contribution < -0.4 is 10.6 Å². The quantitative estimate of drug-likeness (QED) is 0.822. The fourth-order valence-electron chi connectivity index (χ4n) is 2.76. The van der Waals surface area contributed by atoms with Crippen molar-refractivity contribution in [3.05, 3.63) is 0 Å². The van der Waals surface area contributed by atoms with Gasteiger partial charge in [-0.05, 0) is 53.0 Å². The SMILES string of the molecule is CCC(C)(C)NC(=O)C1CCCCC(NC)CCC1. The van der Waals surface area contributed by atoms with E-state index in [0.717, 1.165) is 25.7 Å². The van der Waals surface area contributed by atoms with Gasteiger partial charge in [0, 0.05) is 17.5 Å². The molecule has 1 aliphatic carbocycles. The van der Waals surface area contributed by atoms with Crippen LogP contribution in [0.3, 0.4) is 0 Å². The van der Waals surface area contributed by atoms with Gasteiger partial charge in [0.15, 0.2) is 0 Å². The van der Waals surface area contributed by atoms with Crippen molar-refractivity contribution in [3.8, 4) is 0 Å². The third-order valence-electron chi connectivity index (χ3n) is 4.58. The highest BCUT2D eigenvalue weighted by molar-refractivity contribution is 5.79. The van der Waals surface area contributed by atoms with Crippen molar-refractivity contribution in [1.82, 2.24) is 10.6 Å². The number of hydrogen-bond donors (Lipinski definition) is 2. The Morgan fingerprint density at radius 2 is 1.68 bits per heavy atom. The van der Waals surface area contributed by atoms with Crippen molar-refractivity contribution in [2.75, 3.05) is 7.05 Å². The molecule has 0 bridgehead atoms. The van der Waals surface area contributed by atoms with Crippen LogP contribution in [0.1, 0.15) is 72.1 Å². The first kappa shape index (κ1) is 16.5. The van der Waals surface area contributed by atoms with Gasteiger partial charge in [-0.1, -0.05) is 26.2 Å². The van der Waals surface area contributed by atoms with Gasteiger partial charge in [0.25, 0.3) is 0 Å². The zero-order valence-electron chi connectivity index (χ0n) is 13.2. The Balaban J connectivity index is 2.50. The van der Waals surface area contributed by atoms with Crippen molar-refractivity contribution >= 4 is 5.91 Å². The normalized spacial score (nSPS) is 26.1. The van der Waals surface area contributed by atoms with Gasteiger partial charge in [-0.15, -0.1) is 0 Å². The van der Waals surface area contributed by atoms with Crippen LogP contribution in [0.25, 0.3) is 0 Å². The Bertz CT molecular complexity index is 276. The molecule has 2 N–H and O–H groups in total. The number of carbonyl (C=O) groups is 1. The largest absolute Gasteiger partial charge is 0.351 e. The summed E-state index contributed by atoms with van der Waals surface area (Å²) in [7, 11) is 2.05. The van der Waals surface area contributed by atoms with Crippen LogP contribution in [-0.4, -0.2) is 24.5 Å². The van der Waals surface area contributed by atoms with Crippen LogP contribution in [0.2, 0.25) is 0 Å². The van der Waals surface area contributed by atoms with Crippen LogP contribution >= 0.6 is 0 Å². The van der Waals surface area contributed by atoms with Crippen LogP contribution in [0.15, 0.2) is 0 Å². The summed E-state index contributed by atoms with van der Waals surface area (Å²) in [6.45, 7) is 6.34. The smallest absolute Gasteiger partial charge is 0.223 e. The van der Waals surface area contributed by atoms with E-state index >= 15 is 0 Å². The molecule has 0 aliphatic heterocycles. The van der Waals surface area contributed by atoms with Crippen LogP contribution in [0.4, 0.5) is 0 Å². The van der Waals surface area contributed by atoms with Gasteiger partial charge in [0.2, 0.25) is 5.91 Å². The molecule has 2 atom stereocenters. The first-order chi connectivity index (χ1) is 8.98. The van der Waals surface area contributed by atoms with E-state index < -0.39 is 0 Å². The number of rotatable bonds is 4. The fraction of sp³-hybridized carbons (Fsp3) is 0.938. The van der Waals surface area contributed by atoms with Crippen LogP contribution in [0, 0.1) is 5.92 Å². The van der Waals surface area contributed by atoms with Gasteiger partial charge in [-0.3, -0.25) is 4.79 Å². The van der Waals surface area contributed by atoms with Gasteiger partial charge in [0.1, 0.15) is 0 Å². The summed E-state index contributed by atoms with van der Waals surface area (Å²) in [5.41, 5.74) is -0.0664. The lowest BCUT2D eigenvalue weighted by atomic mass is 9.93. The van der Waals surface area contributed by atoms with E-state index in [1.807, 2.05) is 0 Å². The predicted octanol–water partition coefficient (Wildman–Crippen LogP) is 3.24. The molecule has 0 aromatic carbocycles. The Kier molecular flexibility index (Phi) is 6.84. The minimum Gasteiger partial charge on any atom is -0.351 e. The number of nitrogens with one attached hydrogen (secondary N) is 2. The van der Waals surface area contributed by atoms with Crippen LogP contribution in [-0.2, 0) is 4.79 Å². The van der Waals surface area contributed by atoms with Crippen molar-refractivity contribution < 1.29 is 4.79 Å². The van der Waals surface area contributed by atoms with E-state index in [1.165, 1.54) is 25.7 Å². The first-order valence-electron chi connectivity index (χ1n) is 7.98. The Labute approximate surface area is 118 Å². The first-order valence-corrected chi connectivity index (χ1v) is 7.98. The third kappa shape index (κ3) is 5.94. The average Bonchev–Trinajstić information content (AvgIpc) is 2.49. The second-order valence-electron chi connectivity index (χ2n) is 6.62. The second-order valence-corrected chi connectivity index (χ2v) is 6.62. The second kappa shape index (κ2) is 7.88. The van der Waals surface area contributed by atoms with Crippen molar-refractivity contribution in [2.45, 2.75) is 83.7 Å². The van der Waals surface area contributed by atoms with E-state index in [1.54, 1.807) is 0 Å². The van der Waals surface area contributed by atoms with E-state index in [2.05, 4.69) is 38.5 Å². The van der Waals surface area contributed by atoms with E-state index in [4.69, 9.17) is 0 Å². The summed E-state index contributed by atoms with van der Waals surface area (Å²) in [5.74, 6) is 0.496. The van der Waals surface area contributed by atoms with E-state index in [0.29, 0.717) is 6.04 Å². The number of carbonyl (C=O) groups excluding carboxylic acids is 1. The van der Waals surface area contributed by atoms with Gasteiger partial charge in [-0.2, -0.15) is 0 Å². The van der Waals surface area contributed by atoms with Gasteiger partial charge in [0.05, 0.1) is 0 Å². The number of amides is 1. The maximum Gasteiger partial charge on any atom is 0.223 e. The molecular formula is C16H32N2O. The molecule has 3 heteroatoms. The standard InChI is InChI=1S/C16H32N2O/c1-5-16(2,3)18-15(19)13-9-6-7-11-14(17-4)12-8-10-13/h13-14,17H,5-12H2,1-4H3,(H,18,19). The molecule has 0 saturated heterocycles. The van der Waals surface area contributed by atoms with E-state index in [-0.39, 0.29) is 17.4 Å². The van der Waals surface area contributed by atoms with Gasteiger partial charge in [-0.25, -0.2) is 0 Å². The summed E-state index contributed by atoms with van der Waals surface area (Å²) >= 11 is 0. The molecule has 112 valence electrons. The molecule has 1 amide bonds. The summed E-state index contributed by atoms with van der Waals surface area (Å²) in [4.78, 5) is 12.4. The molecule has 1 saturated carbocycles. The molecule has 0 aromatic rings. The molecule has 1 fully saturated rings. The van der Waals surface area contributed by atoms with Crippen LogP contribution in [0.5, 0.6) is 0 Å². The fourth-order valence-corrected chi connectivity index (χ4v) is 2.76. The summed E-state index contributed by atoms with van der Waals surface area (Å²) in [6, 6.07) is 0.647. The molecule has 0 aromatic heterocycles. The predicted molar refractivity (Wildman–Crippen MR) is 81.2 cm³/mol. The maximum atomic E-state index is 12.4. The molecular weight excluding hydrogens is 236 g/mol. The number of hydrogen-bond acceptors (Lipinski definition) is 2. The molecule has 2 unspecified atom stereocenters. The molecule has 0 heterocycles. The molecule has 1 rings (SSSR count). The van der Waals surface area contributed by atoms with Gasteiger partial charge < -0.3 is 10.6 Å². The molecule has 0 spiro atoms. The van der Waals surface area contributed by atoms with Gasteiger partial charge >= 0.3 is 0 Å². The summed E-state index contributed by atoms with van der Waals surface area (Å²) < 4.78 is 0. The zero-order valence-corrected chi connectivity index (χ0v) is 13.2. The molecule has 0 radical (unpaired) electrons. The lowest BCUT2D eigenvalue weighted by molar-refractivity contribution is -0.127. The molecule has 19 heavy (non-hydrogen) atoms. The minimum absolute atomic E-state index is 0.0664. The van der Waals surface area contributed by atoms with E-state index in [9.17, 15) is 4.79 Å². The Morgan fingerprint density at radius 3 is 2.32 bits per heavy atom. The topological polar surface area (TPSA) is 41.1 Å². The zero-order chi connectivity index (χ0) is 14.3. The minimum atomic E-state index is -0.0664.